The molecular weight excluding hydrogens is 506 g/mol. The van der Waals surface area contributed by atoms with Crippen LogP contribution in [0, 0.1) is 11.3 Å². The van der Waals surface area contributed by atoms with Crippen molar-refractivity contribution in [1.29, 1.82) is 5.26 Å². The molecule has 0 aliphatic rings. The Morgan fingerprint density at radius 2 is 1.86 bits per heavy atom. The van der Waals surface area contributed by atoms with Gasteiger partial charge in [0, 0.05) is 17.8 Å². The number of amides is 1. The molecular formula is C20H19Br2N3O4. The first kappa shape index (κ1) is 22.7. The summed E-state index contributed by atoms with van der Waals surface area (Å²) in [6.07, 6.45) is 0.967. The van der Waals surface area contributed by atoms with Crippen LogP contribution >= 0.6 is 31.9 Å². The third kappa shape index (κ3) is 6.76. The fraction of sp³-hybridized carbons (Fsp3) is 0.250. The molecule has 0 aliphatic heterocycles. The second-order valence-corrected chi connectivity index (χ2v) is 7.80. The zero-order chi connectivity index (χ0) is 21.4. The van der Waals surface area contributed by atoms with E-state index in [2.05, 4.69) is 55.5 Å². The minimum Gasteiger partial charge on any atom is -0.487 e. The highest BCUT2D eigenvalue weighted by molar-refractivity contribution is 9.11. The van der Waals surface area contributed by atoms with Crippen molar-refractivity contribution in [2.45, 2.75) is 20.0 Å². The number of hydrogen-bond acceptors (Lipinski definition) is 5. The Labute approximate surface area is 185 Å². The predicted octanol–water partition coefficient (Wildman–Crippen LogP) is 4.30. The maximum atomic E-state index is 12.0. The van der Waals surface area contributed by atoms with Crippen molar-refractivity contribution in [1.82, 2.24) is 5.32 Å². The van der Waals surface area contributed by atoms with Crippen LogP contribution in [-0.2, 0) is 11.4 Å². The molecule has 0 radical (unpaired) electrons. The van der Waals surface area contributed by atoms with E-state index in [1.807, 2.05) is 6.07 Å². The van der Waals surface area contributed by atoms with Gasteiger partial charge in [0.25, 0.3) is 5.91 Å². The number of halogens is 2. The Morgan fingerprint density at radius 1 is 1.17 bits per heavy atom. The van der Waals surface area contributed by atoms with Gasteiger partial charge in [-0.15, -0.1) is 0 Å². The molecule has 0 aliphatic carbocycles. The zero-order valence-electron chi connectivity index (χ0n) is 15.6. The number of nitriles is 1. The number of aliphatic carboxylic acids is 1. The monoisotopic (exact) mass is 523 g/mol. The van der Waals surface area contributed by atoms with Crippen molar-refractivity contribution in [3.8, 4) is 11.8 Å². The summed E-state index contributed by atoms with van der Waals surface area (Å²) >= 11 is 6.76. The third-order valence-electron chi connectivity index (χ3n) is 3.74. The number of benzene rings is 2. The van der Waals surface area contributed by atoms with Gasteiger partial charge in [0.2, 0.25) is 0 Å². The fourth-order valence-corrected chi connectivity index (χ4v) is 3.87. The quantitative estimate of drug-likeness (QED) is 0.451. The fourth-order valence-electron chi connectivity index (χ4n) is 2.45. The molecule has 3 N–H and O–H groups in total. The molecule has 29 heavy (non-hydrogen) atoms. The highest BCUT2D eigenvalue weighted by Crippen LogP contribution is 2.35. The molecule has 2 rings (SSSR count). The van der Waals surface area contributed by atoms with E-state index in [4.69, 9.17) is 9.84 Å². The topological polar surface area (TPSA) is 111 Å². The Kier molecular flexibility index (Phi) is 8.49. The summed E-state index contributed by atoms with van der Waals surface area (Å²) in [5.41, 5.74) is 2.50. The van der Waals surface area contributed by atoms with Crippen molar-refractivity contribution >= 4 is 49.4 Å². The van der Waals surface area contributed by atoms with Crippen LogP contribution in [0.3, 0.4) is 0 Å². The number of carboxylic acids is 1. The number of carbonyl (C=O) groups is 2. The Balaban J connectivity index is 2.15. The maximum absolute atomic E-state index is 12.0. The average molecular weight is 525 g/mol. The van der Waals surface area contributed by atoms with Crippen LogP contribution in [0.5, 0.6) is 5.75 Å². The molecule has 2 aromatic rings. The summed E-state index contributed by atoms with van der Waals surface area (Å²) in [5, 5.41) is 23.5. The molecule has 2 aromatic carbocycles. The van der Waals surface area contributed by atoms with Gasteiger partial charge in [0.15, 0.2) is 0 Å². The zero-order valence-corrected chi connectivity index (χ0v) is 18.8. The third-order valence-corrected chi connectivity index (χ3v) is 4.92. The van der Waals surface area contributed by atoms with E-state index >= 15 is 0 Å². The van der Waals surface area contributed by atoms with Crippen molar-refractivity contribution < 1.29 is 19.4 Å². The summed E-state index contributed by atoms with van der Waals surface area (Å²) in [5.74, 6) is -1.14. The van der Waals surface area contributed by atoms with Crippen molar-refractivity contribution in [2.24, 2.45) is 0 Å². The van der Waals surface area contributed by atoms with Crippen LogP contribution in [0.1, 0.15) is 34.8 Å². The summed E-state index contributed by atoms with van der Waals surface area (Å²) in [6, 6.07) is 10.7. The molecule has 0 saturated heterocycles. The number of nitrogens with zero attached hydrogens (tertiary/aromatic N) is 1. The highest BCUT2D eigenvalue weighted by atomic mass is 79.9. The van der Waals surface area contributed by atoms with Crippen LogP contribution in [0.4, 0.5) is 5.69 Å². The average Bonchev–Trinajstić information content (AvgIpc) is 2.69. The Morgan fingerprint density at radius 3 is 2.45 bits per heavy atom. The first-order valence-electron chi connectivity index (χ1n) is 8.73. The SMILES string of the molecule is CCCNc1cc(C#N)cc(COc2c(Br)cc(C(=O)NCC(=O)O)cc2Br)c1. The molecule has 152 valence electrons. The van der Waals surface area contributed by atoms with Gasteiger partial charge in [-0.05, 0) is 74.2 Å². The lowest BCUT2D eigenvalue weighted by Crippen LogP contribution is -2.29. The van der Waals surface area contributed by atoms with Crippen LogP contribution in [0.2, 0.25) is 0 Å². The van der Waals surface area contributed by atoms with Gasteiger partial charge < -0.3 is 20.5 Å². The normalized spacial score (nSPS) is 10.1. The van der Waals surface area contributed by atoms with E-state index in [0.29, 0.717) is 20.3 Å². The molecule has 0 atom stereocenters. The van der Waals surface area contributed by atoms with Gasteiger partial charge >= 0.3 is 5.97 Å². The molecule has 0 aromatic heterocycles. The Bertz CT molecular complexity index is 934. The van der Waals surface area contributed by atoms with E-state index < -0.39 is 18.4 Å². The second kappa shape index (κ2) is 10.8. The smallest absolute Gasteiger partial charge is 0.322 e. The maximum Gasteiger partial charge on any atom is 0.322 e. The second-order valence-electron chi connectivity index (χ2n) is 6.09. The summed E-state index contributed by atoms with van der Waals surface area (Å²) in [6.45, 7) is 2.62. The van der Waals surface area contributed by atoms with Crippen molar-refractivity contribution in [3.05, 3.63) is 56.0 Å². The summed E-state index contributed by atoms with van der Waals surface area (Å²) in [4.78, 5) is 22.6. The van der Waals surface area contributed by atoms with Gasteiger partial charge in [0.05, 0.1) is 20.6 Å². The van der Waals surface area contributed by atoms with Crippen LogP contribution in [0.15, 0.2) is 39.3 Å². The molecule has 0 unspecified atom stereocenters. The molecule has 0 bridgehead atoms. The molecule has 0 spiro atoms. The minimum absolute atomic E-state index is 0.220. The van der Waals surface area contributed by atoms with E-state index in [1.165, 1.54) is 0 Å². The molecule has 1 amide bonds. The molecule has 7 nitrogen and oxygen atoms in total. The first-order valence-corrected chi connectivity index (χ1v) is 10.3. The van der Waals surface area contributed by atoms with Crippen LogP contribution in [0.25, 0.3) is 0 Å². The van der Waals surface area contributed by atoms with E-state index in [0.717, 1.165) is 24.2 Å². The van der Waals surface area contributed by atoms with E-state index in [1.54, 1.807) is 24.3 Å². The van der Waals surface area contributed by atoms with Gasteiger partial charge in [0.1, 0.15) is 18.9 Å². The molecule has 0 heterocycles. The minimum atomic E-state index is -1.12. The van der Waals surface area contributed by atoms with E-state index in [-0.39, 0.29) is 12.2 Å². The van der Waals surface area contributed by atoms with Crippen LogP contribution in [-0.4, -0.2) is 30.1 Å². The standard InChI is InChI=1S/C20H19Br2N3O4/c1-2-3-24-15-5-12(9-23)4-13(6-15)11-29-19-16(21)7-14(8-17(19)22)20(28)25-10-18(26)27/h4-8,24H,2-3,10-11H2,1H3,(H,25,28)(H,26,27). The molecule has 0 saturated carbocycles. The number of rotatable bonds is 9. The lowest BCUT2D eigenvalue weighted by Gasteiger charge is -2.14. The van der Waals surface area contributed by atoms with Crippen molar-refractivity contribution in [3.63, 3.8) is 0 Å². The number of carboxylic acid groups (broad SMARTS) is 1. The first-order chi connectivity index (χ1) is 13.8. The summed E-state index contributed by atoms with van der Waals surface area (Å²) in [7, 11) is 0. The number of carbonyl (C=O) groups excluding carboxylic acids is 1. The van der Waals surface area contributed by atoms with Crippen molar-refractivity contribution in [2.75, 3.05) is 18.4 Å². The Hall–Kier alpha value is -2.57. The molecule has 0 fully saturated rings. The largest absolute Gasteiger partial charge is 0.487 e. The van der Waals surface area contributed by atoms with Crippen LogP contribution < -0.4 is 15.4 Å². The number of nitrogens with one attached hydrogen (secondary N) is 2. The highest BCUT2D eigenvalue weighted by Gasteiger charge is 2.15. The van der Waals surface area contributed by atoms with Gasteiger partial charge in [-0.3, -0.25) is 9.59 Å². The van der Waals surface area contributed by atoms with E-state index in [9.17, 15) is 14.9 Å². The predicted molar refractivity (Wildman–Crippen MR) is 116 cm³/mol. The number of anilines is 1. The van der Waals surface area contributed by atoms with Gasteiger partial charge in [-0.2, -0.15) is 5.26 Å². The summed E-state index contributed by atoms with van der Waals surface area (Å²) < 4.78 is 6.96. The lowest BCUT2D eigenvalue weighted by molar-refractivity contribution is -0.135. The number of ether oxygens (including phenoxy) is 1. The number of hydrogen-bond donors (Lipinski definition) is 3. The molecule has 9 heteroatoms. The van der Waals surface area contributed by atoms with Gasteiger partial charge in [-0.25, -0.2) is 0 Å². The van der Waals surface area contributed by atoms with Gasteiger partial charge in [-0.1, -0.05) is 6.92 Å². The lowest BCUT2D eigenvalue weighted by atomic mass is 10.1.